The molecule has 0 unspecified atom stereocenters. The van der Waals surface area contributed by atoms with Crippen molar-refractivity contribution in [3.63, 3.8) is 0 Å². The fraction of sp³-hybridized carbons (Fsp3) is 0.381. The van der Waals surface area contributed by atoms with Gasteiger partial charge >= 0.3 is 36.0 Å². The van der Waals surface area contributed by atoms with Crippen LogP contribution in [0.3, 0.4) is 0 Å². The van der Waals surface area contributed by atoms with E-state index in [4.69, 9.17) is 11.5 Å². The van der Waals surface area contributed by atoms with E-state index in [1.54, 1.807) is 26.0 Å². The van der Waals surface area contributed by atoms with Gasteiger partial charge in [0.25, 0.3) is 0 Å². The van der Waals surface area contributed by atoms with Gasteiger partial charge in [-0.2, -0.15) is 26.3 Å². The zero-order valence-electron chi connectivity index (χ0n) is 33.3. The number of likely N-dealkylation sites (tertiary alicyclic amines) is 2. The zero-order valence-corrected chi connectivity index (χ0v) is 33.3. The van der Waals surface area contributed by atoms with Crippen LogP contribution in [-0.4, -0.2) is 56.5 Å². The van der Waals surface area contributed by atoms with Gasteiger partial charge in [-0.05, 0) is 110 Å². The van der Waals surface area contributed by atoms with Crippen LogP contribution < -0.4 is 22.1 Å². The van der Waals surface area contributed by atoms with Gasteiger partial charge < -0.3 is 31.9 Å². The summed E-state index contributed by atoms with van der Waals surface area (Å²) >= 11 is 0. The number of nitrogens with zero attached hydrogens (tertiary/aromatic N) is 4. The molecule has 6 N–H and O–H groups in total. The number of amides is 4. The monoisotopic (exact) mass is 840 g/mol. The summed E-state index contributed by atoms with van der Waals surface area (Å²) < 4.78 is 77.1. The van der Waals surface area contributed by atoms with Gasteiger partial charge in [0.1, 0.15) is 11.6 Å². The predicted molar refractivity (Wildman–Crippen MR) is 213 cm³/mol. The summed E-state index contributed by atoms with van der Waals surface area (Å²) in [6.07, 6.45) is -3.40. The van der Waals surface area contributed by atoms with Crippen LogP contribution in [0.5, 0.6) is 0 Å². The number of anilines is 4. The number of nitrogen functional groups attached to an aromatic ring is 2. The van der Waals surface area contributed by atoms with E-state index in [1.807, 2.05) is 13.8 Å². The summed E-state index contributed by atoms with van der Waals surface area (Å²) in [5.74, 6) is -2.13. The first kappa shape index (κ1) is 44.9. The second-order valence-corrected chi connectivity index (χ2v) is 15.3. The molecule has 4 amide bonds. The van der Waals surface area contributed by atoms with Crippen molar-refractivity contribution in [2.75, 3.05) is 35.2 Å². The minimum Gasteiger partial charge on any atom is -0.383 e. The summed E-state index contributed by atoms with van der Waals surface area (Å²) in [5, 5.41) is 5.05. The van der Waals surface area contributed by atoms with Gasteiger partial charge in [-0.1, -0.05) is 38.1 Å². The molecule has 4 aromatic rings. The molecule has 18 heteroatoms. The molecule has 4 atom stereocenters. The van der Waals surface area contributed by atoms with Crippen LogP contribution in [0.4, 0.5) is 49.4 Å². The Labute approximate surface area is 342 Å². The third-order valence-electron chi connectivity index (χ3n) is 10.5. The van der Waals surface area contributed by atoms with E-state index in [0.29, 0.717) is 71.2 Å². The Balaban J connectivity index is 0.000000228. The van der Waals surface area contributed by atoms with Gasteiger partial charge in [-0.25, -0.2) is 9.97 Å². The molecule has 2 fully saturated rings. The summed E-state index contributed by atoms with van der Waals surface area (Å²) in [6, 6.07) is 11.8. The lowest BCUT2D eigenvalue weighted by Gasteiger charge is -2.38. The average molecular weight is 841 g/mol. The van der Waals surface area contributed by atoms with E-state index in [9.17, 15) is 45.5 Å². The number of piperidine rings is 2. The smallest absolute Gasteiger partial charge is 0.383 e. The molecule has 2 aromatic carbocycles. The number of benzene rings is 2. The first-order valence-corrected chi connectivity index (χ1v) is 19.1. The lowest BCUT2D eigenvalue weighted by Crippen LogP contribution is -2.46. The third kappa shape index (κ3) is 11.1. The molecule has 0 spiro atoms. The number of carbonyl (C=O) groups excluding carboxylic acids is 4. The Kier molecular flexibility index (Phi) is 13.8. The zero-order chi connectivity index (χ0) is 44.1. The molecule has 12 nitrogen and oxygen atoms in total. The van der Waals surface area contributed by atoms with Gasteiger partial charge in [0.05, 0.1) is 47.0 Å². The second-order valence-electron chi connectivity index (χ2n) is 15.3. The standard InChI is InChI=1S/2C21H23F3N4O2/c2*1-12-3-8-17(14-4-6-15(7-5-14)21(22,23)24)28(11-12)20(30)19(29)27-16-9-13(2)18(25)26-10-16/h2*4-7,9-10,12,17H,3,8,11H2,1-2H3,(H2,25,26)(H,27,29)/t2*12-,17+/m10/s1. The average Bonchev–Trinajstić information content (AvgIpc) is 3.19. The van der Waals surface area contributed by atoms with Crippen molar-refractivity contribution in [1.82, 2.24) is 19.8 Å². The maximum Gasteiger partial charge on any atom is 0.416 e. The third-order valence-corrected chi connectivity index (χ3v) is 10.5. The fourth-order valence-electron chi connectivity index (χ4n) is 7.17. The quantitative estimate of drug-likeness (QED) is 0.119. The number of halogens is 6. The van der Waals surface area contributed by atoms with Crippen molar-refractivity contribution in [3.8, 4) is 0 Å². The first-order valence-electron chi connectivity index (χ1n) is 19.1. The Morgan fingerprint density at radius 3 is 1.23 bits per heavy atom. The van der Waals surface area contributed by atoms with Gasteiger partial charge in [0, 0.05) is 13.1 Å². The number of carbonyl (C=O) groups is 4. The topological polar surface area (TPSA) is 177 Å². The van der Waals surface area contributed by atoms with E-state index in [1.165, 1.54) is 46.5 Å². The fourth-order valence-corrected chi connectivity index (χ4v) is 7.17. The van der Waals surface area contributed by atoms with Gasteiger partial charge in [0.15, 0.2) is 0 Å². The lowest BCUT2D eigenvalue weighted by atomic mass is 9.89. The minimum absolute atomic E-state index is 0.174. The normalized spacial score (nSPS) is 19.4. The number of aryl methyl sites for hydroxylation is 2. The first-order chi connectivity index (χ1) is 28.1. The summed E-state index contributed by atoms with van der Waals surface area (Å²) in [6.45, 7) is 8.08. The van der Waals surface area contributed by atoms with Gasteiger partial charge in [-0.3, -0.25) is 19.2 Å². The Morgan fingerprint density at radius 2 is 0.933 bits per heavy atom. The number of alkyl halides is 6. The highest BCUT2D eigenvalue weighted by molar-refractivity contribution is 6.40. The lowest BCUT2D eigenvalue weighted by molar-refractivity contribution is -0.146. The molecule has 0 bridgehead atoms. The molecule has 2 aromatic heterocycles. The Morgan fingerprint density at radius 1 is 0.600 bits per heavy atom. The Hall–Kier alpha value is -6.20. The van der Waals surface area contributed by atoms with Crippen LogP contribution in [0, 0.1) is 25.7 Å². The van der Waals surface area contributed by atoms with Crippen molar-refractivity contribution >= 4 is 46.6 Å². The summed E-state index contributed by atoms with van der Waals surface area (Å²) in [7, 11) is 0. The molecule has 0 saturated carbocycles. The summed E-state index contributed by atoms with van der Waals surface area (Å²) in [5.41, 5.74) is 13.0. The van der Waals surface area contributed by atoms with Crippen molar-refractivity contribution in [1.29, 1.82) is 0 Å². The molecule has 2 aliphatic rings. The van der Waals surface area contributed by atoms with E-state index < -0.39 is 59.2 Å². The van der Waals surface area contributed by atoms with E-state index in [2.05, 4.69) is 20.6 Å². The number of hydrogen-bond donors (Lipinski definition) is 4. The number of pyridine rings is 2. The SMILES string of the molecule is Cc1cc(NC(=O)C(=O)N2C[C@@H](C)CC[C@@H]2c2ccc(C(F)(F)F)cc2)cnc1N.Cc1cc(NC(=O)C(=O)N2C[C@H](C)CC[C@H]2c2ccc(C(F)(F)F)cc2)cnc1N. The molecular weight excluding hydrogens is 795 g/mol. The van der Waals surface area contributed by atoms with Crippen molar-refractivity contribution in [2.45, 2.75) is 77.8 Å². The maximum atomic E-state index is 12.9. The van der Waals surface area contributed by atoms with Crippen LogP contribution in [-0.2, 0) is 31.5 Å². The number of rotatable bonds is 4. The van der Waals surface area contributed by atoms with Crippen molar-refractivity contribution in [2.24, 2.45) is 11.8 Å². The molecule has 60 heavy (non-hydrogen) atoms. The van der Waals surface area contributed by atoms with Crippen molar-refractivity contribution < 1.29 is 45.5 Å². The summed E-state index contributed by atoms with van der Waals surface area (Å²) in [4.78, 5) is 61.7. The minimum atomic E-state index is -4.43. The molecular formula is C42H46F6N8O4. The number of hydrogen-bond acceptors (Lipinski definition) is 8. The highest BCUT2D eigenvalue weighted by atomic mass is 19.4. The van der Waals surface area contributed by atoms with E-state index in [0.717, 1.165) is 37.1 Å². The second kappa shape index (κ2) is 18.4. The van der Waals surface area contributed by atoms with Crippen LogP contribution in [0.25, 0.3) is 0 Å². The van der Waals surface area contributed by atoms with Gasteiger partial charge in [-0.15, -0.1) is 0 Å². The van der Waals surface area contributed by atoms with Crippen LogP contribution in [0.15, 0.2) is 73.1 Å². The Bertz CT molecular complexity index is 2040. The largest absolute Gasteiger partial charge is 0.416 e. The molecule has 320 valence electrons. The molecule has 0 aliphatic carbocycles. The van der Waals surface area contributed by atoms with Crippen LogP contribution >= 0.6 is 0 Å². The predicted octanol–water partition coefficient (Wildman–Crippen LogP) is 7.86. The molecule has 6 rings (SSSR count). The van der Waals surface area contributed by atoms with Crippen LogP contribution in [0.2, 0.25) is 0 Å². The molecule has 4 heterocycles. The molecule has 0 radical (unpaired) electrons. The van der Waals surface area contributed by atoms with E-state index >= 15 is 0 Å². The van der Waals surface area contributed by atoms with Crippen molar-refractivity contribution in [3.05, 3.63) is 106 Å². The highest BCUT2D eigenvalue weighted by Crippen LogP contribution is 2.37. The molecule has 2 aliphatic heterocycles. The van der Waals surface area contributed by atoms with Gasteiger partial charge in [0.2, 0.25) is 0 Å². The molecule has 2 saturated heterocycles. The maximum absolute atomic E-state index is 12.9. The highest BCUT2D eigenvalue weighted by Gasteiger charge is 2.37. The number of nitrogens with one attached hydrogen (secondary N) is 2. The van der Waals surface area contributed by atoms with E-state index in [-0.39, 0.29) is 11.8 Å². The number of nitrogens with two attached hydrogens (primary N) is 2. The number of aromatic nitrogens is 2. The van der Waals surface area contributed by atoms with Crippen LogP contribution in [0.1, 0.15) is 85.0 Å².